The number of rotatable bonds is 10. The van der Waals surface area contributed by atoms with E-state index in [9.17, 15) is 22.8 Å². The van der Waals surface area contributed by atoms with Gasteiger partial charge in [0, 0.05) is 18.8 Å². The molecule has 1 aromatic heterocycles. The smallest absolute Gasteiger partial charge is 0.416 e. The fraction of sp³-hybridized carbons (Fsp3) is 0.308. The van der Waals surface area contributed by atoms with Gasteiger partial charge < -0.3 is 19.5 Å². The second kappa shape index (κ2) is 12.1. The first-order valence-corrected chi connectivity index (χ1v) is 11.3. The molecule has 0 bridgehead atoms. The maximum atomic E-state index is 13.2. The van der Waals surface area contributed by atoms with Gasteiger partial charge >= 0.3 is 12.2 Å². The lowest BCUT2D eigenvalue weighted by Gasteiger charge is -2.27. The van der Waals surface area contributed by atoms with E-state index in [4.69, 9.17) is 4.42 Å². The van der Waals surface area contributed by atoms with Crippen molar-refractivity contribution in [2.75, 3.05) is 25.0 Å². The van der Waals surface area contributed by atoms with E-state index in [2.05, 4.69) is 5.32 Å². The topological polar surface area (TPSA) is 65.8 Å². The Morgan fingerprint density at radius 2 is 1.71 bits per heavy atom. The van der Waals surface area contributed by atoms with Gasteiger partial charge in [0.2, 0.25) is 5.91 Å². The highest BCUT2D eigenvalue weighted by atomic mass is 19.4. The zero-order valence-corrected chi connectivity index (χ0v) is 19.4. The maximum Gasteiger partial charge on any atom is 0.416 e. The number of carbonyl (C=O) groups excluding carboxylic acids is 2. The molecule has 0 saturated heterocycles. The summed E-state index contributed by atoms with van der Waals surface area (Å²) in [4.78, 5) is 29.0. The van der Waals surface area contributed by atoms with E-state index in [1.807, 2.05) is 37.3 Å². The maximum absolute atomic E-state index is 13.2. The average Bonchev–Trinajstić information content (AvgIpc) is 3.35. The van der Waals surface area contributed by atoms with Crippen LogP contribution in [-0.4, -0.2) is 41.4 Å². The molecule has 3 rings (SSSR count). The van der Waals surface area contributed by atoms with Crippen LogP contribution in [0.25, 0.3) is 0 Å². The van der Waals surface area contributed by atoms with Crippen LogP contribution in [-0.2, 0) is 23.9 Å². The van der Waals surface area contributed by atoms with Gasteiger partial charge in [0.25, 0.3) is 0 Å². The molecule has 3 amide bonds. The number of hydrogen-bond acceptors (Lipinski definition) is 3. The predicted molar refractivity (Wildman–Crippen MR) is 127 cm³/mol. The minimum Gasteiger partial charge on any atom is -0.467 e. The van der Waals surface area contributed by atoms with Crippen molar-refractivity contribution in [3.05, 3.63) is 89.9 Å². The average molecular weight is 488 g/mol. The number of furan rings is 1. The van der Waals surface area contributed by atoms with E-state index >= 15 is 0 Å². The lowest BCUT2D eigenvalue weighted by Crippen LogP contribution is -2.45. The predicted octanol–water partition coefficient (Wildman–Crippen LogP) is 5.81. The zero-order chi connectivity index (χ0) is 25.3. The highest BCUT2D eigenvalue weighted by molar-refractivity contribution is 5.92. The molecular weight excluding hydrogens is 459 g/mol. The molecule has 35 heavy (non-hydrogen) atoms. The first kappa shape index (κ1) is 25.9. The molecule has 9 heteroatoms. The van der Waals surface area contributed by atoms with Crippen molar-refractivity contribution in [3.8, 4) is 0 Å². The Morgan fingerprint density at radius 1 is 0.943 bits per heavy atom. The number of halogens is 3. The standard InChI is InChI=1S/C26H28F3N3O3/c1-2-14-32(25(34)30-22-11-6-10-21(17-22)26(27,28)29)19-24(33)31(18-23-12-7-16-35-23)15-13-20-8-4-3-5-9-20/h3-12,16-17H,2,13-15,18-19H2,1H3,(H,30,34). The molecular formula is C26H28F3N3O3. The summed E-state index contributed by atoms with van der Waals surface area (Å²) in [7, 11) is 0. The molecule has 0 saturated carbocycles. The van der Waals surface area contributed by atoms with Crippen molar-refractivity contribution in [3.63, 3.8) is 0 Å². The summed E-state index contributed by atoms with van der Waals surface area (Å²) in [6.07, 6.45) is -1.80. The Balaban J connectivity index is 1.70. The SMILES string of the molecule is CCCN(CC(=O)N(CCc1ccccc1)Cc1ccco1)C(=O)Nc1cccc(C(F)(F)F)c1. The molecule has 6 nitrogen and oxygen atoms in total. The Hall–Kier alpha value is -3.75. The number of carbonyl (C=O) groups is 2. The van der Waals surface area contributed by atoms with Crippen LogP contribution in [0, 0.1) is 0 Å². The summed E-state index contributed by atoms with van der Waals surface area (Å²) in [5.41, 5.74) is 0.214. The van der Waals surface area contributed by atoms with Gasteiger partial charge in [0.15, 0.2) is 0 Å². The Kier molecular flexibility index (Phi) is 8.94. The van der Waals surface area contributed by atoms with Crippen molar-refractivity contribution in [1.29, 1.82) is 0 Å². The second-order valence-corrected chi connectivity index (χ2v) is 8.06. The number of hydrogen-bond donors (Lipinski definition) is 1. The van der Waals surface area contributed by atoms with Gasteiger partial charge in [0.05, 0.1) is 18.4 Å². The highest BCUT2D eigenvalue weighted by Crippen LogP contribution is 2.30. The molecule has 2 aromatic carbocycles. The number of benzene rings is 2. The molecule has 0 atom stereocenters. The third kappa shape index (κ3) is 7.91. The molecule has 0 radical (unpaired) electrons. The summed E-state index contributed by atoms with van der Waals surface area (Å²) in [6.45, 7) is 2.57. The van der Waals surface area contributed by atoms with E-state index in [-0.39, 0.29) is 31.2 Å². The number of alkyl halides is 3. The summed E-state index contributed by atoms with van der Waals surface area (Å²) < 4.78 is 44.5. The summed E-state index contributed by atoms with van der Waals surface area (Å²) in [6, 6.07) is 17.0. The van der Waals surface area contributed by atoms with Gasteiger partial charge in [-0.2, -0.15) is 13.2 Å². The van der Waals surface area contributed by atoms with Gasteiger partial charge in [-0.15, -0.1) is 0 Å². The molecule has 186 valence electrons. The zero-order valence-electron chi connectivity index (χ0n) is 19.4. The molecule has 0 spiro atoms. The minimum atomic E-state index is -4.52. The van der Waals surface area contributed by atoms with Crippen molar-refractivity contribution in [2.45, 2.75) is 32.5 Å². The number of urea groups is 1. The van der Waals surface area contributed by atoms with E-state index in [0.29, 0.717) is 25.1 Å². The van der Waals surface area contributed by atoms with Gasteiger partial charge in [-0.3, -0.25) is 4.79 Å². The van der Waals surface area contributed by atoms with Crippen molar-refractivity contribution < 1.29 is 27.2 Å². The molecule has 0 aliphatic heterocycles. The third-order valence-corrected chi connectivity index (χ3v) is 5.34. The normalized spacial score (nSPS) is 11.2. The summed E-state index contributed by atoms with van der Waals surface area (Å²) in [5.74, 6) is 0.326. The molecule has 0 fully saturated rings. The lowest BCUT2D eigenvalue weighted by atomic mass is 10.1. The van der Waals surface area contributed by atoms with Crippen LogP contribution in [0.5, 0.6) is 0 Å². The largest absolute Gasteiger partial charge is 0.467 e. The highest BCUT2D eigenvalue weighted by Gasteiger charge is 2.30. The van der Waals surface area contributed by atoms with Crippen molar-refractivity contribution in [2.24, 2.45) is 0 Å². The van der Waals surface area contributed by atoms with Crippen molar-refractivity contribution in [1.82, 2.24) is 9.80 Å². The summed E-state index contributed by atoms with van der Waals surface area (Å²) in [5, 5.41) is 2.48. The fourth-order valence-electron chi connectivity index (χ4n) is 3.55. The van der Waals surface area contributed by atoms with E-state index in [1.165, 1.54) is 23.3 Å². The van der Waals surface area contributed by atoms with Gasteiger partial charge in [-0.05, 0) is 48.7 Å². The second-order valence-electron chi connectivity index (χ2n) is 8.06. The van der Waals surface area contributed by atoms with Crippen LogP contribution in [0.15, 0.2) is 77.4 Å². The third-order valence-electron chi connectivity index (χ3n) is 5.34. The van der Waals surface area contributed by atoms with Crippen LogP contribution >= 0.6 is 0 Å². The first-order valence-electron chi connectivity index (χ1n) is 11.3. The molecule has 0 aliphatic rings. The first-order chi connectivity index (χ1) is 16.8. The van der Waals surface area contributed by atoms with E-state index in [0.717, 1.165) is 17.7 Å². The Morgan fingerprint density at radius 3 is 2.37 bits per heavy atom. The number of anilines is 1. The monoisotopic (exact) mass is 487 g/mol. The van der Waals surface area contributed by atoms with Gasteiger partial charge in [-0.25, -0.2) is 4.79 Å². The molecule has 0 aliphatic carbocycles. The molecule has 1 heterocycles. The van der Waals surface area contributed by atoms with E-state index in [1.54, 1.807) is 17.0 Å². The Labute approximate surface area is 202 Å². The Bertz CT molecular complexity index is 1090. The van der Waals surface area contributed by atoms with Gasteiger partial charge in [-0.1, -0.05) is 43.3 Å². The number of nitrogens with one attached hydrogen (secondary N) is 1. The number of amides is 3. The van der Waals surface area contributed by atoms with Crippen molar-refractivity contribution >= 4 is 17.6 Å². The number of nitrogens with zero attached hydrogens (tertiary/aromatic N) is 2. The minimum absolute atomic E-state index is 0.00916. The van der Waals surface area contributed by atoms with Crippen LogP contribution in [0.4, 0.5) is 23.7 Å². The van der Waals surface area contributed by atoms with Crippen LogP contribution in [0.2, 0.25) is 0 Å². The van der Waals surface area contributed by atoms with Gasteiger partial charge in [0.1, 0.15) is 12.3 Å². The lowest BCUT2D eigenvalue weighted by molar-refractivity contribution is -0.137. The summed E-state index contributed by atoms with van der Waals surface area (Å²) >= 11 is 0. The molecule has 0 unspecified atom stereocenters. The molecule has 3 aromatic rings. The molecule has 1 N–H and O–H groups in total. The van der Waals surface area contributed by atoms with Crippen LogP contribution in [0.3, 0.4) is 0 Å². The fourth-order valence-corrected chi connectivity index (χ4v) is 3.55. The van der Waals surface area contributed by atoms with Crippen LogP contribution < -0.4 is 5.32 Å². The van der Waals surface area contributed by atoms with Crippen LogP contribution in [0.1, 0.15) is 30.2 Å². The van der Waals surface area contributed by atoms with E-state index < -0.39 is 17.8 Å². The quantitative estimate of drug-likeness (QED) is 0.392.